The fourth-order valence-electron chi connectivity index (χ4n) is 3.65. The SMILES string of the molecule is COc1ccc(S(=O)(=O)N2CCN(C(=O)c3cnc(SC)n3-c3ccccc3)CC2)cc1. The van der Waals surface area contributed by atoms with Crippen LogP contribution in [0.5, 0.6) is 5.75 Å². The highest BCUT2D eigenvalue weighted by Crippen LogP contribution is 2.24. The van der Waals surface area contributed by atoms with Gasteiger partial charge in [0.1, 0.15) is 11.4 Å². The standard InChI is InChI=1S/C22H24N4O4S2/c1-30-18-8-10-19(11-9-18)32(28,29)25-14-12-24(13-15-25)21(27)20-16-23-22(31-2)26(20)17-6-4-3-5-7-17/h3-11,16H,12-15H2,1-2H3. The number of amides is 1. The van der Waals surface area contributed by atoms with Crippen LogP contribution in [0, 0.1) is 0 Å². The fraction of sp³-hybridized carbons (Fsp3) is 0.273. The van der Waals surface area contributed by atoms with Gasteiger partial charge in [0.25, 0.3) is 5.91 Å². The lowest BCUT2D eigenvalue weighted by Crippen LogP contribution is -2.50. The zero-order chi connectivity index (χ0) is 22.7. The number of aromatic nitrogens is 2. The highest BCUT2D eigenvalue weighted by Gasteiger charge is 2.32. The van der Waals surface area contributed by atoms with Crippen molar-refractivity contribution in [3.63, 3.8) is 0 Å². The van der Waals surface area contributed by atoms with Crippen molar-refractivity contribution in [3.05, 3.63) is 66.5 Å². The molecule has 1 aliphatic heterocycles. The van der Waals surface area contributed by atoms with E-state index in [1.807, 2.05) is 41.2 Å². The van der Waals surface area contributed by atoms with E-state index in [1.165, 1.54) is 35.3 Å². The van der Waals surface area contributed by atoms with Crippen LogP contribution in [0.15, 0.2) is 70.8 Å². The van der Waals surface area contributed by atoms with Gasteiger partial charge in [-0.15, -0.1) is 0 Å². The summed E-state index contributed by atoms with van der Waals surface area (Å²) < 4.78 is 34.3. The number of sulfonamides is 1. The van der Waals surface area contributed by atoms with Crippen molar-refractivity contribution >= 4 is 27.7 Å². The summed E-state index contributed by atoms with van der Waals surface area (Å²) in [6, 6.07) is 15.9. The van der Waals surface area contributed by atoms with Gasteiger partial charge in [0.15, 0.2) is 5.16 Å². The number of para-hydroxylation sites is 1. The van der Waals surface area contributed by atoms with Gasteiger partial charge in [-0.2, -0.15) is 4.31 Å². The maximum absolute atomic E-state index is 13.3. The molecule has 0 spiro atoms. The predicted octanol–water partition coefficient (Wildman–Crippen LogP) is 2.75. The Morgan fingerprint density at radius 1 is 1.00 bits per heavy atom. The molecule has 1 amide bonds. The van der Waals surface area contributed by atoms with Gasteiger partial charge in [-0.3, -0.25) is 9.36 Å². The van der Waals surface area contributed by atoms with E-state index in [2.05, 4.69) is 4.98 Å². The Hall–Kier alpha value is -2.82. The molecule has 1 aromatic heterocycles. The number of ether oxygens (including phenoxy) is 1. The zero-order valence-corrected chi connectivity index (χ0v) is 19.5. The first-order chi connectivity index (χ1) is 15.5. The molecule has 1 aliphatic rings. The number of imidazole rings is 1. The summed E-state index contributed by atoms with van der Waals surface area (Å²) in [6.45, 7) is 1.08. The van der Waals surface area contributed by atoms with Crippen LogP contribution in [0.1, 0.15) is 10.5 Å². The van der Waals surface area contributed by atoms with Crippen LogP contribution >= 0.6 is 11.8 Å². The lowest BCUT2D eigenvalue weighted by molar-refractivity contribution is 0.0689. The molecular formula is C22H24N4O4S2. The van der Waals surface area contributed by atoms with Crippen molar-refractivity contribution in [1.29, 1.82) is 0 Å². The molecule has 10 heteroatoms. The minimum absolute atomic E-state index is 0.164. The molecule has 1 fully saturated rings. The molecule has 168 valence electrons. The Morgan fingerprint density at radius 2 is 1.66 bits per heavy atom. The third-order valence-electron chi connectivity index (χ3n) is 5.37. The van der Waals surface area contributed by atoms with E-state index in [0.29, 0.717) is 24.5 Å². The van der Waals surface area contributed by atoms with Crippen molar-refractivity contribution in [2.45, 2.75) is 10.1 Å². The van der Waals surface area contributed by atoms with Crippen LogP contribution in [-0.4, -0.2) is 72.6 Å². The molecular weight excluding hydrogens is 448 g/mol. The van der Waals surface area contributed by atoms with Crippen LogP contribution in [0.25, 0.3) is 5.69 Å². The van der Waals surface area contributed by atoms with E-state index in [1.54, 1.807) is 23.2 Å². The number of hydrogen-bond donors (Lipinski definition) is 0. The van der Waals surface area contributed by atoms with E-state index in [9.17, 15) is 13.2 Å². The molecule has 32 heavy (non-hydrogen) atoms. The van der Waals surface area contributed by atoms with E-state index in [-0.39, 0.29) is 23.9 Å². The van der Waals surface area contributed by atoms with E-state index >= 15 is 0 Å². The third-order valence-corrected chi connectivity index (χ3v) is 7.93. The van der Waals surface area contributed by atoms with Gasteiger partial charge in [0.2, 0.25) is 10.0 Å². The summed E-state index contributed by atoms with van der Waals surface area (Å²) in [5.41, 5.74) is 1.32. The number of benzene rings is 2. The van der Waals surface area contributed by atoms with Crippen molar-refractivity contribution in [2.75, 3.05) is 39.5 Å². The third kappa shape index (κ3) is 4.25. The quantitative estimate of drug-likeness (QED) is 0.513. The summed E-state index contributed by atoms with van der Waals surface area (Å²) in [5, 5.41) is 0.722. The number of carbonyl (C=O) groups excluding carboxylic acids is 1. The van der Waals surface area contributed by atoms with E-state index in [0.717, 1.165) is 10.8 Å². The van der Waals surface area contributed by atoms with Crippen molar-refractivity contribution < 1.29 is 17.9 Å². The molecule has 2 heterocycles. The van der Waals surface area contributed by atoms with Crippen LogP contribution in [0.3, 0.4) is 0 Å². The number of nitrogens with zero attached hydrogens (tertiary/aromatic N) is 4. The topological polar surface area (TPSA) is 84.7 Å². The van der Waals surface area contributed by atoms with Gasteiger partial charge < -0.3 is 9.64 Å². The molecule has 1 saturated heterocycles. The summed E-state index contributed by atoms with van der Waals surface area (Å²) in [5.74, 6) is 0.433. The zero-order valence-electron chi connectivity index (χ0n) is 17.8. The number of carbonyl (C=O) groups is 1. The maximum atomic E-state index is 13.3. The number of hydrogen-bond acceptors (Lipinski definition) is 6. The largest absolute Gasteiger partial charge is 0.497 e. The van der Waals surface area contributed by atoms with E-state index < -0.39 is 10.0 Å². The Morgan fingerprint density at radius 3 is 2.25 bits per heavy atom. The summed E-state index contributed by atoms with van der Waals surface area (Å²) in [4.78, 5) is 19.6. The number of methoxy groups -OCH3 is 1. The minimum Gasteiger partial charge on any atom is -0.497 e. The van der Waals surface area contributed by atoms with Crippen molar-refractivity contribution in [3.8, 4) is 11.4 Å². The smallest absolute Gasteiger partial charge is 0.272 e. The lowest BCUT2D eigenvalue weighted by Gasteiger charge is -2.34. The molecule has 0 radical (unpaired) electrons. The van der Waals surface area contributed by atoms with Crippen molar-refractivity contribution in [2.24, 2.45) is 0 Å². The second-order valence-corrected chi connectivity index (χ2v) is 9.88. The number of thioether (sulfide) groups is 1. The molecule has 0 N–H and O–H groups in total. The second-order valence-electron chi connectivity index (χ2n) is 7.17. The van der Waals surface area contributed by atoms with Gasteiger partial charge >= 0.3 is 0 Å². The molecule has 0 atom stereocenters. The highest BCUT2D eigenvalue weighted by atomic mass is 32.2. The first kappa shape index (κ1) is 22.4. The average molecular weight is 473 g/mol. The van der Waals surface area contributed by atoms with Gasteiger partial charge in [0, 0.05) is 31.9 Å². The predicted molar refractivity (Wildman–Crippen MR) is 123 cm³/mol. The van der Waals surface area contributed by atoms with Gasteiger partial charge in [0.05, 0.1) is 18.2 Å². The molecule has 8 nitrogen and oxygen atoms in total. The summed E-state index contributed by atoms with van der Waals surface area (Å²) in [7, 11) is -2.10. The molecule has 0 saturated carbocycles. The normalized spacial score (nSPS) is 15.0. The lowest BCUT2D eigenvalue weighted by atomic mass is 10.3. The maximum Gasteiger partial charge on any atom is 0.272 e. The van der Waals surface area contributed by atoms with E-state index in [4.69, 9.17) is 4.74 Å². The molecule has 4 rings (SSSR count). The molecule has 2 aromatic carbocycles. The molecule has 0 bridgehead atoms. The number of piperazine rings is 1. The Labute approximate surface area is 191 Å². The minimum atomic E-state index is -3.63. The first-order valence-electron chi connectivity index (χ1n) is 10.1. The molecule has 3 aromatic rings. The molecule has 0 unspecified atom stereocenters. The van der Waals surface area contributed by atoms with Crippen LogP contribution < -0.4 is 4.74 Å². The Balaban J connectivity index is 1.50. The summed E-state index contributed by atoms with van der Waals surface area (Å²) >= 11 is 1.46. The van der Waals surface area contributed by atoms with Crippen LogP contribution in [-0.2, 0) is 10.0 Å². The Bertz CT molecular complexity index is 1190. The highest BCUT2D eigenvalue weighted by molar-refractivity contribution is 7.98. The van der Waals surface area contributed by atoms with Gasteiger partial charge in [-0.05, 0) is 42.7 Å². The fourth-order valence-corrected chi connectivity index (χ4v) is 5.61. The van der Waals surface area contributed by atoms with Crippen LogP contribution in [0.4, 0.5) is 0 Å². The number of rotatable bonds is 6. The van der Waals surface area contributed by atoms with Gasteiger partial charge in [-0.25, -0.2) is 13.4 Å². The average Bonchev–Trinajstić information content (AvgIpc) is 3.28. The van der Waals surface area contributed by atoms with Gasteiger partial charge in [-0.1, -0.05) is 30.0 Å². The Kier molecular flexibility index (Phi) is 6.54. The monoisotopic (exact) mass is 472 g/mol. The second kappa shape index (κ2) is 9.35. The van der Waals surface area contributed by atoms with Crippen LogP contribution in [0.2, 0.25) is 0 Å². The summed E-state index contributed by atoms with van der Waals surface area (Å²) in [6.07, 6.45) is 3.50. The first-order valence-corrected chi connectivity index (χ1v) is 12.7. The molecule has 0 aliphatic carbocycles. The van der Waals surface area contributed by atoms with Crippen molar-refractivity contribution in [1.82, 2.24) is 18.8 Å².